The molecule has 2 aromatic rings. The molecule has 0 saturated heterocycles. The van der Waals surface area contributed by atoms with Gasteiger partial charge < -0.3 is 19.6 Å². The van der Waals surface area contributed by atoms with Gasteiger partial charge >= 0.3 is 5.97 Å². The fraction of sp³-hybridized carbons (Fsp3) is 0.643. The van der Waals surface area contributed by atoms with Crippen LogP contribution in [0.3, 0.4) is 0 Å². The van der Waals surface area contributed by atoms with Crippen LogP contribution in [0.2, 0.25) is 0 Å². The topological polar surface area (TPSA) is 85.7 Å². The maximum absolute atomic E-state index is 12.2. The van der Waals surface area contributed by atoms with E-state index in [1.807, 2.05) is 55.6 Å². The molecule has 0 unspecified atom stereocenters. The highest BCUT2D eigenvalue weighted by Crippen LogP contribution is 2.41. The van der Waals surface area contributed by atoms with Gasteiger partial charge in [0.2, 0.25) is 5.36 Å². The molecule has 3 N–H and O–H groups in total. The number of anilines is 1. The van der Waals surface area contributed by atoms with Crippen LogP contribution in [0.4, 0.5) is 5.69 Å². The molecular weight excluding hydrogens is 765 g/mol. The standard InChI is InChI=1S/C56H86N2O4/c1-3-4-5-6-7-8-9-10-11-12-13-14-15-16-17-18-19-20-21-22-23-24-25-26-27-28-29-30-31-34-43-61-44-35-42-58-48-39-41-52-54(46-48)62-53-45-47(57-2)38-40-51(53)55(52)49-36-32-33-37-50(49)56(59)60/h32-33,36-41,45-46,58H,3-31,34-35,42-44H2,1-2H3,(H,59,60)/p+1. The maximum Gasteiger partial charge on any atom is 0.336 e. The monoisotopic (exact) mass is 852 g/mol. The second-order valence-corrected chi connectivity index (χ2v) is 18.1. The molecule has 0 fully saturated rings. The minimum Gasteiger partial charge on any atom is -0.478 e. The van der Waals surface area contributed by atoms with E-state index >= 15 is 0 Å². The van der Waals surface area contributed by atoms with Gasteiger partial charge in [-0.15, -0.1) is 0 Å². The van der Waals surface area contributed by atoms with E-state index in [0.29, 0.717) is 16.9 Å². The third-order valence-corrected chi connectivity index (χ3v) is 12.9. The van der Waals surface area contributed by atoms with Crippen LogP contribution in [0.5, 0.6) is 0 Å². The van der Waals surface area contributed by atoms with Gasteiger partial charge in [-0.2, -0.15) is 0 Å². The summed E-state index contributed by atoms with van der Waals surface area (Å²) in [4.78, 5) is 15.4. The summed E-state index contributed by atoms with van der Waals surface area (Å²) in [6.45, 7) is 4.70. The molecule has 6 heteroatoms. The van der Waals surface area contributed by atoms with Crippen molar-refractivity contribution in [1.82, 2.24) is 0 Å². The third kappa shape index (κ3) is 20.2. The second-order valence-electron chi connectivity index (χ2n) is 18.1. The van der Waals surface area contributed by atoms with Crippen LogP contribution in [0.15, 0.2) is 65.1 Å². The molecule has 0 aromatic heterocycles. The molecule has 1 heterocycles. The lowest BCUT2D eigenvalue weighted by molar-refractivity contribution is -0.465. The van der Waals surface area contributed by atoms with Crippen molar-refractivity contribution in [3.05, 3.63) is 71.6 Å². The SMILES string of the molecule is CCCCCCCCCCCCCCCCCCCCCCCCCCCCCCCCOCCCNc1ccc2c(-c3ccccc3C(=O)O)c3ccc(=[NH+]C)cc-3oc2c1. The molecule has 1 aliphatic heterocycles. The highest BCUT2D eigenvalue weighted by molar-refractivity contribution is 6.07. The number of carboxylic acids is 1. The maximum atomic E-state index is 12.2. The molecule has 1 aliphatic carbocycles. The lowest BCUT2D eigenvalue weighted by atomic mass is 9.90. The lowest BCUT2D eigenvalue weighted by Crippen LogP contribution is -2.71. The van der Waals surface area contributed by atoms with Gasteiger partial charge in [0, 0.05) is 54.1 Å². The van der Waals surface area contributed by atoms with Crippen molar-refractivity contribution in [2.75, 3.05) is 32.1 Å². The Morgan fingerprint density at radius 2 is 1.05 bits per heavy atom. The lowest BCUT2D eigenvalue weighted by Gasteiger charge is -2.17. The fourth-order valence-electron chi connectivity index (χ4n) is 9.07. The number of nitrogens with one attached hydrogen (secondary N) is 2. The largest absolute Gasteiger partial charge is 0.478 e. The van der Waals surface area contributed by atoms with Crippen molar-refractivity contribution in [3.8, 4) is 22.5 Å². The van der Waals surface area contributed by atoms with Crippen LogP contribution in [0.1, 0.15) is 216 Å². The summed E-state index contributed by atoms with van der Waals surface area (Å²) in [6, 6.07) is 19.2. The third-order valence-electron chi connectivity index (χ3n) is 12.9. The number of ether oxygens (including phenoxy) is 1. The van der Waals surface area contributed by atoms with E-state index in [9.17, 15) is 9.90 Å². The van der Waals surface area contributed by atoms with Crippen LogP contribution in [0, 0.1) is 0 Å². The van der Waals surface area contributed by atoms with E-state index in [4.69, 9.17) is 9.15 Å². The molecule has 0 bridgehead atoms. The van der Waals surface area contributed by atoms with E-state index in [1.165, 1.54) is 186 Å². The molecule has 4 rings (SSSR count). The van der Waals surface area contributed by atoms with Gasteiger partial charge in [0.05, 0.1) is 11.6 Å². The van der Waals surface area contributed by atoms with E-state index < -0.39 is 5.97 Å². The summed E-state index contributed by atoms with van der Waals surface area (Å²) in [5.41, 5.74) is 4.36. The van der Waals surface area contributed by atoms with E-state index in [0.717, 1.165) is 60.2 Å². The smallest absolute Gasteiger partial charge is 0.336 e. The predicted octanol–water partition coefficient (Wildman–Crippen LogP) is 15.1. The molecule has 0 saturated carbocycles. The Balaban J connectivity index is 0.916. The predicted molar refractivity (Wildman–Crippen MR) is 263 cm³/mol. The fourth-order valence-corrected chi connectivity index (χ4v) is 9.07. The number of hydrogen-bond acceptors (Lipinski definition) is 4. The number of carbonyl (C=O) groups is 1. The molecule has 0 radical (unpaired) electrons. The summed E-state index contributed by atoms with van der Waals surface area (Å²) < 4.78 is 12.4. The van der Waals surface area contributed by atoms with E-state index in [-0.39, 0.29) is 5.56 Å². The Morgan fingerprint density at radius 1 is 0.565 bits per heavy atom. The summed E-state index contributed by atoms with van der Waals surface area (Å²) in [5.74, 6) is -0.247. The number of benzene rings is 3. The van der Waals surface area contributed by atoms with E-state index in [1.54, 1.807) is 12.1 Å². The van der Waals surface area contributed by atoms with Gasteiger partial charge in [0.15, 0.2) is 0 Å². The van der Waals surface area contributed by atoms with Crippen LogP contribution in [-0.4, -0.2) is 37.9 Å². The van der Waals surface area contributed by atoms with Gasteiger partial charge in [-0.25, -0.2) is 9.79 Å². The zero-order valence-electron chi connectivity index (χ0n) is 39.5. The Hall–Kier alpha value is -3.64. The van der Waals surface area contributed by atoms with Crippen molar-refractivity contribution < 1.29 is 24.0 Å². The van der Waals surface area contributed by atoms with E-state index in [2.05, 4.69) is 17.2 Å². The average Bonchev–Trinajstić information content (AvgIpc) is 3.29. The van der Waals surface area contributed by atoms with Gasteiger partial charge in [-0.1, -0.05) is 211 Å². The van der Waals surface area contributed by atoms with Crippen molar-refractivity contribution in [1.29, 1.82) is 0 Å². The van der Waals surface area contributed by atoms with Crippen LogP contribution in [0.25, 0.3) is 33.4 Å². The Labute approximate surface area is 377 Å². The highest BCUT2D eigenvalue weighted by atomic mass is 16.5. The second kappa shape index (κ2) is 33.0. The van der Waals surface area contributed by atoms with Crippen LogP contribution >= 0.6 is 0 Å². The first-order chi connectivity index (χ1) is 30.6. The zero-order chi connectivity index (χ0) is 43.7. The molecule has 6 nitrogen and oxygen atoms in total. The number of rotatable bonds is 38. The summed E-state index contributed by atoms with van der Waals surface area (Å²) >= 11 is 0. The van der Waals surface area contributed by atoms with Crippen molar-refractivity contribution in [2.45, 2.75) is 206 Å². The molecule has 0 spiro atoms. The minimum absolute atomic E-state index is 0.271. The average molecular weight is 852 g/mol. The first-order valence-electron chi connectivity index (χ1n) is 25.8. The van der Waals surface area contributed by atoms with Crippen molar-refractivity contribution in [2.24, 2.45) is 0 Å². The minimum atomic E-state index is -0.947. The number of aromatic carboxylic acids is 1. The van der Waals surface area contributed by atoms with Gasteiger partial charge in [0.1, 0.15) is 18.4 Å². The molecule has 0 amide bonds. The quantitative estimate of drug-likeness (QED) is 0.0309. The molecule has 344 valence electrons. The first kappa shape index (κ1) is 51.0. The Bertz CT molecular complexity index is 1800. The first-order valence-corrected chi connectivity index (χ1v) is 25.8. The van der Waals surface area contributed by atoms with Crippen molar-refractivity contribution >= 4 is 22.6 Å². The number of carboxylic acid groups (broad SMARTS) is 1. The Morgan fingerprint density at radius 3 is 1.55 bits per heavy atom. The number of unbranched alkanes of at least 4 members (excludes halogenated alkanes) is 29. The van der Waals surface area contributed by atoms with Crippen LogP contribution < -0.4 is 15.7 Å². The summed E-state index contributed by atoms with van der Waals surface area (Å²) in [7, 11) is 1.88. The van der Waals surface area contributed by atoms with Gasteiger partial charge in [-0.05, 0) is 42.7 Å². The van der Waals surface area contributed by atoms with Crippen LogP contribution in [-0.2, 0) is 4.74 Å². The molecule has 0 atom stereocenters. The van der Waals surface area contributed by atoms with Gasteiger partial charge in [-0.3, -0.25) is 0 Å². The molecule has 2 aliphatic rings. The molecule has 2 aromatic carbocycles. The highest BCUT2D eigenvalue weighted by Gasteiger charge is 2.21. The molecular formula is C56H87N2O4+. The van der Waals surface area contributed by atoms with Gasteiger partial charge in [0.25, 0.3) is 0 Å². The number of hydrogen-bond donors (Lipinski definition) is 3. The Kier molecular flexibility index (Phi) is 27.1. The summed E-state index contributed by atoms with van der Waals surface area (Å²) in [6.07, 6.45) is 43.7. The normalized spacial score (nSPS) is 11.9. The van der Waals surface area contributed by atoms with Crippen molar-refractivity contribution in [3.63, 3.8) is 0 Å². The summed E-state index contributed by atoms with van der Waals surface area (Å²) in [5, 5.41) is 15.3. The number of fused-ring (bicyclic) bond motifs is 2. The zero-order valence-corrected chi connectivity index (χ0v) is 39.5. The molecule has 62 heavy (non-hydrogen) atoms.